The van der Waals surface area contributed by atoms with E-state index in [1.807, 2.05) is 0 Å². The normalized spacial score (nSPS) is 14.1. The molecule has 8 nitrogen and oxygen atoms in total. The van der Waals surface area contributed by atoms with Gasteiger partial charge in [-0.1, -0.05) is 12.1 Å². The molecule has 2 N–H and O–H groups in total. The van der Waals surface area contributed by atoms with Crippen molar-refractivity contribution in [2.45, 2.75) is 32.4 Å². The number of urea groups is 1. The van der Waals surface area contributed by atoms with E-state index in [0.717, 1.165) is 0 Å². The fourth-order valence-corrected chi connectivity index (χ4v) is 3.13. The number of aromatic nitrogens is 1. The maximum atomic E-state index is 13.4. The molecule has 0 saturated carbocycles. The van der Waals surface area contributed by atoms with Gasteiger partial charge >= 0.3 is 12.1 Å². The first-order chi connectivity index (χ1) is 14.5. The van der Waals surface area contributed by atoms with Gasteiger partial charge in [0.2, 0.25) is 5.88 Å². The maximum Gasteiger partial charge on any atom is 0.409 e. The minimum atomic E-state index is -0.406. The standard InChI is InChI=1S/C21H25FN4O4/c1-2-29-21(28)26-11-8-17(9-12-26)25-20(27)24-14-15-5-4-10-23-19(15)30-18-7-3-6-16(22)13-18/h3-7,10,13,17H,2,8-9,11-12,14H2,1H3,(H2,24,25,27). The van der Waals surface area contributed by atoms with Gasteiger partial charge in [0.25, 0.3) is 0 Å². The Bertz CT molecular complexity index is 872. The summed E-state index contributed by atoms with van der Waals surface area (Å²) in [6.07, 6.45) is 2.57. The van der Waals surface area contributed by atoms with E-state index in [4.69, 9.17) is 9.47 Å². The summed E-state index contributed by atoms with van der Waals surface area (Å²) in [4.78, 5) is 29.8. The van der Waals surface area contributed by atoms with Crippen molar-refractivity contribution in [3.63, 3.8) is 0 Å². The minimum absolute atomic E-state index is 0.0208. The molecule has 2 heterocycles. The van der Waals surface area contributed by atoms with Crippen LogP contribution in [0.5, 0.6) is 11.6 Å². The lowest BCUT2D eigenvalue weighted by atomic mass is 10.1. The summed E-state index contributed by atoms with van der Waals surface area (Å²) in [6, 6.07) is 8.95. The van der Waals surface area contributed by atoms with Crippen LogP contribution in [-0.4, -0.2) is 47.7 Å². The third-order valence-electron chi connectivity index (χ3n) is 4.66. The van der Waals surface area contributed by atoms with Crippen molar-refractivity contribution in [1.29, 1.82) is 0 Å². The van der Waals surface area contributed by atoms with Crippen LogP contribution in [0.15, 0.2) is 42.6 Å². The van der Waals surface area contributed by atoms with Gasteiger partial charge in [0.15, 0.2) is 0 Å². The Morgan fingerprint density at radius 3 is 2.77 bits per heavy atom. The maximum absolute atomic E-state index is 13.4. The van der Waals surface area contributed by atoms with Crippen LogP contribution in [0, 0.1) is 5.82 Å². The zero-order valence-electron chi connectivity index (χ0n) is 16.8. The van der Waals surface area contributed by atoms with Crippen LogP contribution in [0.4, 0.5) is 14.0 Å². The molecule has 0 radical (unpaired) electrons. The van der Waals surface area contributed by atoms with E-state index in [9.17, 15) is 14.0 Å². The Balaban J connectivity index is 1.48. The van der Waals surface area contributed by atoms with Gasteiger partial charge in [-0.3, -0.25) is 0 Å². The number of pyridine rings is 1. The van der Waals surface area contributed by atoms with Crippen molar-refractivity contribution in [3.8, 4) is 11.6 Å². The molecule has 1 aliphatic rings. The molecule has 0 spiro atoms. The van der Waals surface area contributed by atoms with Gasteiger partial charge in [0.05, 0.1) is 6.61 Å². The van der Waals surface area contributed by atoms with Crippen molar-refractivity contribution < 1.29 is 23.5 Å². The number of likely N-dealkylation sites (tertiary alicyclic amines) is 1. The van der Waals surface area contributed by atoms with Crippen LogP contribution in [0.2, 0.25) is 0 Å². The Hall–Kier alpha value is -3.36. The SMILES string of the molecule is CCOC(=O)N1CCC(NC(=O)NCc2cccnc2Oc2cccc(F)c2)CC1. The second-order valence-electron chi connectivity index (χ2n) is 6.81. The molecule has 3 rings (SSSR count). The van der Waals surface area contributed by atoms with Gasteiger partial charge in [-0.05, 0) is 38.0 Å². The number of rotatable bonds is 6. The van der Waals surface area contributed by atoms with Crippen LogP contribution >= 0.6 is 0 Å². The number of benzene rings is 1. The highest BCUT2D eigenvalue weighted by molar-refractivity contribution is 5.74. The Morgan fingerprint density at radius 1 is 1.23 bits per heavy atom. The van der Waals surface area contributed by atoms with E-state index in [-0.39, 0.29) is 24.7 Å². The summed E-state index contributed by atoms with van der Waals surface area (Å²) in [5, 5.41) is 5.71. The second-order valence-corrected chi connectivity index (χ2v) is 6.81. The molecule has 160 valence electrons. The van der Waals surface area contributed by atoms with Gasteiger partial charge in [-0.2, -0.15) is 0 Å². The molecule has 0 unspecified atom stereocenters. The summed E-state index contributed by atoms with van der Waals surface area (Å²) in [7, 11) is 0. The third-order valence-corrected chi connectivity index (χ3v) is 4.66. The third kappa shape index (κ3) is 6.07. The second kappa shape index (κ2) is 10.4. The number of amides is 3. The molecule has 1 aliphatic heterocycles. The van der Waals surface area contributed by atoms with Crippen LogP contribution < -0.4 is 15.4 Å². The van der Waals surface area contributed by atoms with E-state index in [0.29, 0.717) is 49.7 Å². The van der Waals surface area contributed by atoms with Crippen molar-refractivity contribution >= 4 is 12.1 Å². The number of piperidine rings is 1. The molecule has 1 aromatic carbocycles. The number of halogens is 1. The van der Waals surface area contributed by atoms with Gasteiger partial charge in [0, 0.05) is 43.5 Å². The molecule has 2 aromatic rings. The molecule has 0 aliphatic carbocycles. The average Bonchev–Trinajstić information content (AvgIpc) is 2.74. The zero-order valence-corrected chi connectivity index (χ0v) is 16.8. The molecular weight excluding hydrogens is 391 g/mol. The number of nitrogens with one attached hydrogen (secondary N) is 2. The highest BCUT2D eigenvalue weighted by Crippen LogP contribution is 2.23. The van der Waals surface area contributed by atoms with Crippen LogP contribution in [0.1, 0.15) is 25.3 Å². The Morgan fingerprint density at radius 2 is 2.03 bits per heavy atom. The highest BCUT2D eigenvalue weighted by Gasteiger charge is 2.24. The number of hydrogen-bond donors (Lipinski definition) is 2. The fourth-order valence-electron chi connectivity index (χ4n) is 3.13. The predicted octanol–water partition coefficient (Wildman–Crippen LogP) is 3.43. The minimum Gasteiger partial charge on any atom is -0.450 e. The number of nitrogens with zero attached hydrogens (tertiary/aromatic N) is 2. The van der Waals surface area contributed by atoms with Gasteiger partial charge in [-0.25, -0.2) is 19.0 Å². The first kappa shape index (κ1) is 21.4. The summed E-state index contributed by atoms with van der Waals surface area (Å²) in [5.74, 6) is 0.218. The molecule has 30 heavy (non-hydrogen) atoms. The first-order valence-electron chi connectivity index (χ1n) is 9.88. The predicted molar refractivity (Wildman–Crippen MR) is 108 cm³/mol. The van der Waals surface area contributed by atoms with E-state index >= 15 is 0 Å². The van der Waals surface area contributed by atoms with Crippen molar-refractivity contribution in [2.24, 2.45) is 0 Å². The molecule has 0 bridgehead atoms. The molecule has 3 amide bonds. The largest absolute Gasteiger partial charge is 0.450 e. The van der Waals surface area contributed by atoms with Crippen molar-refractivity contribution in [1.82, 2.24) is 20.5 Å². The van der Waals surface area contributed by atoms with Crippen LogP contribution in [-0.2, 0) is 11.3 Å². The first-order valence-corrected chi connectivity index (χ1v) is 9.88. The lowest BCUT2D eigenvalue weighted by Gasteiger charge is -2.31. The van der Waals surface area contributed by atoms with E-state index in [1.54, 1.807) is 42.3 Å². The topological polar surface area (TPSA) is 92.8 Å². The molecule has 0 atom stereocenters. The summed E-state index contributed by atoms with van der Waals surface area (Å²) < 4.78 is 24.0. The van der Waals surface area contributed by atoms with Crippen LogP contribution in [0.3, 0.4) is 0 Å². The smallest absolute Gasteiger partial charge is 0.409 e. The van der Waals surface area contributed by atoms with E-state index < -0.39 is 5.82 Å². The lowest BCUT2D eigenvalue weighted by Crippen LogP contribution is -2.49. The lowest BCUT2D eigenvalue weighted by molar-refractivity contribution is 0.0957. The summed E-state index contributed by atoms with van der Waals surface area (Å²) >= 11 is 0. The van der Waals surface area contributed by atoms with E-state index in [1.165, 1.54) is 12.1 Å². The highest BCUT2D eigenvalue weighted by atomic mass is 19.1. The number of ether oxygens (including phenoxy) is 2. The summed E-state index contributed by atoms with van der Waals surface area (Å²) in [5.41, 5.74) is 0.661. The number of hydrogen-bond acceptors (Lipinski definition) is 5. The van der Waals surface area contributed by atoms with Crippen molar-refractivity contribution in [2.75, 3.05) is 19.7 Å². The quantitative estimate of drug-likeness (QED) is 0.753. The molecular formula is C21H25FN4O4. The van der Waals surface area contributed by atoms with Gasteiger partial charge in [-0.15, -0.1) is 0 Å². The number of carbonyl (C=O) groups is 2. The van der Waals surface area contributed by atoms with Gasteiger partial charge < -0.3 is 25.0 Å². The number of carbonyl (C=O) groups excluding carboxylic acids is 2. The summed E-state index contributed by atoms with van der Waals surface area (Å²) in [6.45, 7) is 3.40. The molecule has 1 fully saturated rings. The zero-order chi connectivity index (χ0) is 21.3. The van der Waals surface area contributed by atoms with Crippen LogP contribution in [0.25, 0.3) is 0 Å². The fraction of sp³-hybridized carbons (Fsp3) is 0.381. The van der Waals surface area contributed by atoms with Crippen molar-refractivity contribution in [3.05, 3.63) is 54.0 Å². The molecule has 1 saturated heterocycles. The Kier molecular flexibility index (Phi) is 7.42. The molecule has 1 aromatic heterocycles. The Labute approximate surface area is 174 Å². The van der Waals surface area contributed by atoms with Gasteiger partial charge in [0.1, 0.15) is 11.6 Å². The monoisotopic (exact) mass is 416 g/mol. The molecule has 9 heteroatoms. The average molecular weight is 416 g/mol. The van der Waals surface area contributed by atoms with E-state index in [2.05, 4.69) is 15.6 Å².